The number of aromatic nitrogens is 2. The molecule has 1 saturated heterocycles. The molecule has 1 aliphatic heterocycles. The van der Waals surface area contributed by atoms with Crippen molar-refractivity contribution in [2.45, 2.75) is 39.0 Å². The third-order valence-corrected chi connectivity index (χ3v) is 5.58. The van der Waals surface area contributed by atoms with Gasteiger partial charge < -0.3 is 9.30 Å². The number of rotatable bonds is 5. The standard InChI is InChI=1S/C23H24ClN3O2/c1-17-14-25-22(27(17)15-18-9-11-20(24)12-10-18)21-8-5-13-26(21)23(28)29-16-19-6-3-2-4-7-19/h2-4,6-7,9-12,14,21H,5,8,13,15-16H2,1H3/t21-/m1/s1. The van der Waals surface area contributed by atoms with E-state index in [1.807, 2.05) is 72.6 Å². The van der Waals surface area contributed by atoms with Crippen molar-refractivity contribution >= 4 is 17.7 Å². The van der Waals surface area contributed by atoms with Gasteiger partial charge in [0.2, 0.25) is 0 Å². The van der Waals surface area contributed by atoms with Crippen molar-refractivity contribution in [2.75, 3.05) is 6.54 Å². The summed E-state index contributed by atoms with van der Waals surface area (Å²) in [7, 11) is 0. The van der Waals surface area contributed by atoms with E-state index in [0.717, 1.165) is 40.5 Å². The fourth-order valence-electron chi connectivity index (χ4n) is 3.78. The summed E-state index contributed by atoms with van der Waals surface area (Å²) in [6.45, 7) is 3.70. The number of likely N-dealkylation sites (tertiary alicyclic amines) is 1. The second-order valence-electron chi connectivity index (χ2n) is 7.36. The zero-order chi connectivity index (χ0) is 20.2. The van der Waals surface area contributed by atoms with Crippen molar-refractivity contribution in [3.05, 3.63) is 88.5 Å². The molecule has 0 saturated carbocycles. The van der Waals surface area contributed by atoms with Crippen LogP contribution in [0.15, 0.2) is 60.8 Å². The van der Waals surface area contributed by atoms with Crippen molar-refractivity contribution in [2.24, 2.45) is 0 Å². The van der Waals surface area contributed by atoms with Crippen LogP contribution in [0.1, 0.15) is 41.5 Å². The maximum absolute atomic E-state index is 12.8. The molecule has 1 aliphatic rings. The molecular formula is C23H24ClN3O2. The number of ether oxygens (including phenoxy) is 1. The lowest BCUT2D eigenvalue weighted by molar-refractivity contribution is 0.0903. The third-order valence-electron chi connectivity index (χ3n) is 5.33. The summed E-state index contributed by atoms with van der Waals surface area (Å²) in [4.78, 5) is 19.2. The van der Waals surface area contributed by atoms with Gasteiger partial charge in [-0.25, -0.2) is 9.78 Å². The minimum Gasteiger partial charge on any atom is -0.445 e. The van der Waals surface area contributed by atoms with Gasteiger partial charge in [0.15, 0.2) is 0 Å². The molecule has 0 spiro atoms. The van der Waals surface area contributed by atoms with Gasteiger partial charge in [-0.2, -0.15) is 0 Å². The zero-order valence-electron chi connectivity index (χ0n) is 16.4. The highest BCUT2D eigenvalue weighted by Crippen LogP contribution is 2.32. The molecule has 5 nitrogen and oxygen atoms in total. The van der Waals surface area contributed by atoms with Crippen LogP contribution in [0.3, 0.4) is 0 Å². The van der Waals surface area contributed by atoms with Gasteiger partial charge in [-0.15, -0.1) is 0 Å². The van der Waals surface area contributed by atoms with Crippen LogP contribution in [0.5, 0.6) is 0 Å². The number of imidazole rings is 1. The van der Waals surface area contributed by atoms with E-state index in [0.29, 0.717) is 13.1 Å². The predicted molar refractivity (Wildman–Crippen MR) is 113 cm³/mol. The summed E-state index contributed by atoms with van der Waals surface area (Å²) < 4.78 is 7.75. The normalized spacial score (nSPS) is 16.2. The molecule has 29 heavy (non-hydrogen) atoms. The molecule has 0 radical (unpaired) electrons. The van der Waals surface area contributed by atoms with Crippen molar-refractivity contribution in [3.8, 4) is 0 Å². The van der Waals surface area contributed by atoms with E-state index in [4.69, 9.17) is 16.3 Å². The number of amides is 1. The Kier molecular flexibility index (Phi) is 5.86. The Hall–Kier alpha value is -2.79. The molecule has 150 valence electrons. The van der Waals surface area contributed by atoms with E-state index in [1.54, 1.807) is 0 Å². The van der Waals surface area contributed by atoms with Crippen LogP contribution in [0.4, 0.5) is 4.79 Å². The molecule has 2 aromatic carbocycles. The van der Waals surface area contributed by atoms with Crippen LogP contribution >= 0.6 is 11.6 Å². The van der Waals surface area contributed by atoms with Gasteiger partial charge in [0.05, 0.1) is 6.04 Å². The number of benzene rings is 2. The Morgan fingerprint density at radius 1 is 1.14 bits per heavy atom. The van der Waals surface area contributed by atoms with Crippen LogP contribution in [-0.2, 0) is 17.9 Å². The van der Waals surface area contributed by atoms with Crippen molar-refractivity contribution in [1.29, 1.82) is 0 Å². The summed E-state index contributed by atoms with van der Waals surface area (Å²) in [6, 6.07) is 17.5. The number of hydrogen-bond donors (Lipinski definition) is 0. The molecule has 3 aromatic rings. The largest absolute Gasteiger partial charge is 0.445 e. The fourth-order valence-corrected chi connectivity index (χ4v) is 3.91. The summed E-state index contributed by atoms with van der Waals surface area (Å²) in [5.41, 5.74) is 3.20. The van der Waals surface area contributed by atoms with E-state index in [2.05, 4.69) is 9.55 Å². The van der Waals surface area contributed by atoms with E-state index >= 15 is 0 Å². The molecule has 6 heteroatoms. The number of carbonyl (C=O) groups is 1. The monoisotopic (exact) mass is 409 g/mol. The predicted octanol–water partition coefficient (Wildman–Crippen LogP) is 5.37. The zero-order valence-corrected chi connectivity index (χ0v) is 17.2. The highest BCUT2D eigenvalue weighted by molar-refractivity contribution is 6.30. The number of halogens is 1. The van der Waals surface area contributed by atoms with Gasteiger partial charge in [-0.1, -0.05) is 54.1 Å². The van der Waals surface area contributed by atoms with Crippen molar-refractivity contribution in [3.63, 3.8) is 0 Å². The highest BCUT2D eigenvalue weighted by atomic mass is 35.5. The lowest BCUT2D eigenvalue weighted by Crippen LogP contribution is -2.32. The van der Waals surface area contributed by atoms with Crippen LogP contribution in [0, 0.1) is 6.92 Å². The summed E-state index contributed by atoms with van der Waals surface area (Å²) in [5.74, 6) is 0.909. The van der Waals surface area contributed by atoms with E-state index in [-0.39, 0.29) is 18.7 Å². The topological polar surface area (TPSA) is 47.4 Å². The highest BCUT2D eigenvalue weighted by Gasteiger charge is 2.34. The minimum atomic E-state index is -0.282. The first-order chi connectivity index (χ1) is 14.1. The Bertz CT molecular complexity index is 970. The van der Waals surface area contributed by atoms with Gasteiger partial charge in [0.25, 0.3) is 0 Å². The van der Waals surface area contributed by atoms with Gasteiger partial charge in [-0.3, -0.25) is 4.90 Å². The maximum Gasteiger partial charge on any atom is 0.410 e. The molecule has 0 unspecified atom stereocenters. The molecule has 1 aromatic heterocycles. The average Bonchev–Trinajstić information content (AvgIpc) is 3.36. The van der Waals surface area contributed by atoms with Crippen LogP contribution in [-0.4, -0.2) is 27.1 Å². The molecule has 2 heterocycles. The quantitative estimate of drug-likeness (QED) is 0.569. The van der Waals surface area contributed by atoms with Gasteiger partial charge >= 0.3 is 6.09 Å². The maximum atomic E-state index is 12.8. The second kappa shape index (κ2) is 8.70. The van der Waals surface area contributed by atoms with E-state index in [1.165, 1.54) is 0 Å². The molecule has 0 aliphatic carbocycles. The molecule has 1 amide bonds. The summed E-state index contributed by atoms with van der Waals surface area (Å²) >= 11 is 6.01. The van der Waals surface area contributed by atoms with E-state index < -0.39 is 0 Å². The molecular weight excluding hydrogens is 386 g/mol. The third kappa shape index (κ3) is 4.46. The first-order valence-corrected chi connectivity index (χ1v) is 10.2. The summed E-state index contributed by atoms with van der Waals surface area (Å²) in [6.07, 6.45) is 3.42. The Morgan fingerprint density at radius 3 is 2.66 bits per heavy atom. The number of nitrogens with zero attached hydrogens (tertiary/aromatic N) is 3. The first-order valence-electron chi connectivity index (χ1n) is 9.85. The van der Waals surface area contributed by atoms with Gasteiger partial charge in [0, 0.05) is 30.0 Å². The number of hydrogen-bond acceptors (Lipinski definition) is 3. The number of aryl methyl sites for hydroxylation is 1. The molecule has 0 bridgehead atoms. The molecule has 0 N–H and O–H groups in total. The van der Waals surface area contributed by atoms with E-state index in [9.17, 15) is 4.79 Å². The van der Waals surface area contributed by atoms with Crippen molar-refractivity contribution < 1.29 is 9.53 Å². The van der Waals surface area contributed by atoms with Crippen LogP contribution in [0.2, 0.25) is 5.02 Å². The van der Waals surface area contributed by atoms with Crippen LogP contribution < -0.4 is 0 Å². The van der Waals surface area contributed by atoms with Crippen molar-refractivity contribution in [1.82, 2.24) is 14.5 Å². The molecule has 4 rings (SSSR count). The SMILES string of the molecule is Cc1cnc([C@H]2CCCN2C(=O)OCc2ccccc2)n1Cc1ccc(Cl)cc1. The lowest BCUT2D eigenvalue weighted by Gasteiger charge is -2.25. The first kappa shape index (κ1) is 19.5. The van der Waals surface area contributed by atoms with Gasteiger partial charge in [0.1, 0.15) is 12.4 Å². The van der Waals surface area contributed by atoms with Crippen LogP contribution in [0.25, 0.3) is 0 Å². The fraction of sp³-hybridized carbons (Fsp3) is 0.304. The molecule has 1 fully saturated rings. The lowest BCUT2D eigenvalue weighted by atomic mass is 10.2. The second-order valence-corrected chi connectivity index (χ2v) is 7.80. The smallest absolute Gasteiger partial charge is 0.410 e. The Labute approximate surface area is 175 Å². The molecule has 1 atom stereocenters. The Morgan fingerprint density at radius 2 is 1.90 bits per heavy atom. The summed E-state index contributed by atoms with van der Waals surface area (Å²) in [5, 5.41) is 0.722. The average molecular weight is 410 g/mol. The van der Waals surface area contributed by atoms with Gasteiger partial charge in [-0.05, 0) is 43.0 Å². The minimum absolute atomic E-state index is 0.0701. The Balaban J connectivity index is 1.50. The number of carbonyl (C=O) groups excluding carboxylic acids is 1.